The van der Waals surface area contributed by atoms with E-state index in [0.29, 0.717) is 5.82 Å². The largest absolute Gasteiger partial charge is 0.391 e. The first kappa shape index (κ1) is 15.6. The Hall–Kier alpha value is -2.28. The van der Waals surface area contributed by atoms with Gasteiger partial charge in [0.25, 0.3) is 0 Å². The molecule has 1 aliphatic carbocycles. The number of carbonyl (C=O) groups is 1. The molecule has 2 unspecified atom stereocenters. The number of aromatic nitrogens is 4. The highest BCUT2D eigenvalue weighted by Crippen LogP contribution is 2.18. The van der Waals surface area contributed by atoms with Gasteiger partial charge in [-0.25, -0.2) is 0 Å². The molecule has 1 aromatic heterocycles. The Morgan fingerprint density at radius 3 is 2.78 bits per heavy atom. The van der Waals surface area contributed by atoms with Crippen LogP contribution >= 0.6 is 0 Å². The molecule has 2 N–H and O–H groups in total. The zero-order chi connectivity index (χ0) is 16.2. The monoisotopic (exact) mass is 315 g/mol. The summed E-state index contributed by atoms with van der Waals surface area (Å²) in [6.45, 7) is 2.01. The Bertz CT molecular complexity index is 667. The number of hydrogen-bond acceptors (Lipinski definition) is 5. The molecular weight excluding hydrogens is 294 g/mol. The second-order valence-corrected chi connectivity index (χ2v) is 6.04. The minimum atomic E-state index is -0.459. The molecule has 1 aromatic carbocycles. The lowest BCUT2D eigenvalue weighted by Gasteiger charge is -2.28. The smallest absolute Gasteiger partial charge is 0.243 e. The van der Waals surface area contributed by atoms with Gasteiger partial charge in [-0.1, -0.05) is 42.7 Å². The van der Waals surface area contributed by atoms with E-state index in [2.05, 4.69) is 20.7 Å². The normalized spacial score (nSPS) is 21.1. The van der Waals surface area contributed by atoms with Gasteiger partial charge in [-0.2, -0.15) is 4.80 Å². The van der Waals surface area contributed by atoms with Crippen molar-refractivity contribution in [2.24, 2.45) is 0 Å². The molecule has 0 spiro atoms. The van der Waals surface area contributed by atoms with Crippen LogP contribution in [0.15, 0.2) is 24.3 Å². The molecule has 1 heterocycles. The number of benzene rings is 1. The SMILES string of the molecule is Cc1ccc(-c2nnn(CC(=O)NC3CCCCC3O)n2)cc1. The zero-order valence-corrected chi connectivity index (χ0v) is 13.1. The summed E-state index contributed by atoms with van der Waals surface area (Å²) in [5.41, 5.74) is 2.02. The van der Waals surface area contributed by atoms with Crippen molar-refractivity contribution in [2.75, 3.05) is 0 Å². The predicted molar refractivity (Wildman–Crippen MR) is 84.4 cm³/mol. The van der Waals surface area contributed by atoms with Crippen LogP contribution in [0, 0.1) is 6.92 Å². The quantitative estimate of drug-likeness (QED) is 0.880. The maximum absolute atomic E-state index is 12.1. The average molecular weight is 315 g/mol. The third kappa shape index (κ3) is 3.92. The number of nitrogens with one attached hydrogen (secondary N) is 1. The first-order valence-corrected chi connectivity index (χ1v) is 7.94. The summed E-state index contributed by atoms with van der Waals surface area (Å²) in [7, 11) is 0. The second-order valence-electron chi connectivity index (χ2n) is 6.04. The van der Waals surface area contributed by atoms with E-state index in [4.69, 9.17) is 0 Å². The molecule has 122 valence electrons. The Morgan fingerprint density at radius 2 is 2.04 bits per heavy atom. The van der Waals surface area contributed by atoms with Crippen molar-refractivity contribution in [1.82, 2.24) is 25.5 Å². The standard InChI is InChI=1S/C16H21N5O2/c1-11-6-8-12(9-7-11)16-18-20-21(19-16)10-15(23)17-13-4-2-3-5-14(13)22/h6-9,13-14,22H,2-5,10H2,1H3,(H,17,23). The van der Waals surface area contributed by atoms with Crippen molar-refractivity contribution < 1.29 is 9.90 Å². The maximum Gasteiger partial charge on any atom is 0.243 e. The minimum absolute atomic E-state index is 0.00206. The van der Waals surface area contributed by atoms with Gasteiger partial charge in [0.05, 0.1) is 12.1 Å². The third-order valence-electron chi connectivity index (χ3n) is 4.12. The van der Waals surface area contributed by atoms with Crippen molar-refractivity contribution in [1.29, 1.82) is 0 Å². The summed E-state index contributed by atoms with van der Waals surface area (Å²) in [6, 6.07) is 7.64. The molecule has 7 nitrogen and oxygen atoms in total. The van der Waals surface area contributed by atoms with Crippen LogP contribution in [0.4, 0.5) is 0 Å². The average Bonchev–Trinajstić information content (AvgIpc) is 2.98. The Labute approximate surface area is 134 Å². The summed E-state index contributed by atoms with van der Waals surface area (Å²) in [5, 5.41) is 24.9. The zero-order valence-electron chi connectivity index (χ0n) is 13.1. The highest BCUT2D eigenvalue weighted by atomic mass is 16.3. The van der Waals surface area contributed by atoms with E-state index in [-0.39, 0.29) is 18.5 Å². The van der Waals surface area contributed by atoms with Crippen LogP contribution in [-0.2, 0) is 11.3 Å². The van der Waals surface area contributed by atoms with Gasteiger partial charge in [0.2, 0.25) is 11.7 Å². The first-order valence-electron chi connectivity index (χ1n) is 7.94. The van der Waals surface area contributed by atoms with Crippen LogP contribution in [0.25, 0.3) is 11.4 Å². The minimum Gasteiger partial charge on any atom is -0.391 e. The highest BCUT2D eigenvalue weighted by molar-refractivity contribution is 5.76. The van der Waals surface area contributed by atoms with E-state index >= 15 is 0 Å². The van der Waals surface area contributed by atoms with Crippen molar-refractivity contribution in [3.8, 4) is 11.4 Å². The fourth-order valence-electron chi connectivity index (χ4n) is 2.79. The topological polar surface area (TPSA) is 92.9 Å². The number of amides is 1. The van der Waals surface area contributed by atoms with E-state index in [0.717, 1.165) is 36.8 Å². The Kier molecular flexibility index (Phi) is 4.66. The molecule has 0 bridgehead atoms. The number of aliphatic hydroxyl groups excluding tert-OH is 1. The number of rotatable bonds is 4. The summed E-state index contributed by atoms with van der Waals surface area (Å²) < 4.78 is 0. The molecule has 0 aliphatic heterocycles. The van der Waals surface area contributed by atoms with Gasteiger partial charge in [0.15, 0.2) is 0 Å². The van der Waals surface area contributed by atoms with Crippen LogP contribution < -0.4 is 5.32 Å². The fourth-order valence-corrected chi connectivity index (χ4v) is 2.79. The summed E-state index contributed by atoms with van der Waals surface area (Å²) in [6.07, 6.45) is 3.13. The fraction of sp³-hybridized carbons (Fsp3) is 0.500. The number of tetrazole rings is 1. The van der Waals surface area contributed by atoms with Crippen LogP contribution in [-0.4, -0.2) is 43.4 Å². The Balaban J connectivity index is 1.60. The Morgan fingerprint density at radius 1 is 1.30 bits per heavy atom. The van der Waals surface area contributed by atoms with E-state index in [9.17, 15) is 9.90 Å². The van der Waals surface area contributed by atoms with Crippen LogP contribution in [0.1, 0.15) is 31.2 Å². The van der Waals surface area contributed by atoms with Crippen LogP contribution in [0.5, 0.6) is 0 Å². The van der Waals surface area contributed by atoms with Crippen molar-refractivity contribution in [3.05, 3.63) is 29.8 Å². The van der Waals surface area contributed by atoms with Gasteiger partial charge in [0.1, 0.15) is 6.54 Å². The number of carbonyl (C=O) groups excluding carboxylic acids is 1. The number of nitrogens with zero attached hydrogens (tertiary/aromatic N) is 4. The number of hydrogen-bond donors (Lipinski definition) is 2. The summed E-state index contributed by atoms with van der Waals surface area (Å²) in [4.78, 5) is 13.3. The van der Waals surface area contributed by atoms with Crippen molar-refractivity contribution in [3.63, 3.8) is 0 Å². The molecule has 3 rings (SSSR count). The van der Waals surface area contributed by atoms with Gasteiger partial charge >= 0.3 is 0 Å². The molecule has 1 saturated carbocycles. The van der Waals surface area contributed by atoms with Crippen LogP contribution in [0.2, 0.25) is 0 Å². The molecule has 7 heteroatoms. The van der Waals surface area contributed by atoms with Gasteiger partial charge in [-0.3, -0.25) is 4.79 Å². The third-order valence-corrected chi connectivity index (χ3v) is 4.12. The lowest BCUT2D eigenvalue weighted by molar-refractivity contribution is -0.124. The molecule has 23 heavy (non-hydrogen) atoms. The number of aliphatic hydroxyl groups is 1. The summed E-state index contributed by atoms with van der Waals surface area (Å²) in [5.74, 6) is 0.291. The van der Waals surface area contributed by atoms with Crippen LogP contribution in [0.3, 0.4) is 0 Å². The van der Waals surface area contributed by atoms with E-state index in [1.807, 2.05) is 31.2 Å². The lowest BCUT2D eigenvalue weighted by Crippen LogP contribution is -2.46. The van der Waals surface area contributed by atoms with Gasteiger partial charge in [-0.05, 0) is 25.0 Å². The van der Waals surface area contributed by atoms with Crippen molar-refractivity contribution >= 4 is 5.91 Å². The van der Waals surface area contributed by atoms with E-state index in [1.54, 1.807) is 0 Å². The molecule has 1 fully saturated rings. The molecule has 0 saturated heterocycles. The van der Waals surface area contributed by atoms with Crippen molar-refractivity contribution in [2.45, 2.75) is 51.3 Å². The summed E-state index contributed by atoms with van der Waals surface area (Å²) >= 11 is 0. The molecular formula is C16H21N5O2. The van der Waals surface area contributed by atoms with Gasteiger partial charge in [-0.15, -0.1) is 10.2 Å². The molecule has 2 aromatic rings. The van der Waals surface area contributed by atoms with Gasteiger partial charge in [0, 0.05) is 5.56 Å². The highest BCUT2D eigenvalue weighted by Gasteiger charge is 2.24. The second kappa shape index (κ2) is 6.87. The predicted octanol–water partition coefficient (Wildman–Crippen LogP) is 1.07. The van der Waals surface area contributed by atoms with Gasteiger partial charge < -0.3 is 10.4 Å². The molecule has 1 amide bonds. The van der Waals surface area contributed by atoms with E-state index < -0.39 is 6.10 Å². The molecule has 0 radical (unpaired) electrons. The maximum atomic E-state index is 12.1. The molecule has 1 aliphatic rings. The van der Waals surface area contributed by atoms with E-state index in [1.165, 1.54) is 4.80 Å². The molecule has 2 atom stereocenters. The first-order chi connectivity index (χ1) is 11.1. The number of aryl methyl sites for hydroxylation is 1. The lowest BCUT2D eigenvalue weighted by atomic mass is 9.92.